The molecule has 0 aromatic heterocycles. The van der Waals surface area contributed by atoms with Crippen LogP contribution in [0.3, 0.4) is 0 Å². The highest BCUT2D eigenvalue weighted by Gasteiger charge is 2.47. The minimum atomic E-state index is -0.116. The van der Waals surface area contributed by atoms with E-state index in [2.05, 4.69) is 111 Å². The van der Waals surface area contributed by atoms with E-state index in [0.717, 1.165) is 6.42 Å². The van der Waals surface area contributed by atoms with Crippen LogP contribution in [0.1, 0.15) is 43.4 Å². The lowest BCUT2D eigenvalue weighted by atomic mass is 9.54. The van der Waals surface area contributed by atoms with Crippen molar-refractivity contribution in [1.82, 2.24) is 0 Å². The second kappa shape index (κ2) is 8.80. The fourth-order valence-corrected chi connectivity index (χ4v) is 4.84. The molecule has 0 aliphatic rings. The maximum atomic E-state index is 2.46. The fourth-order valence-electron chi connectivity index (χ4n) is 4.41. The molecule has 0 saturated carbocycles. The van der Waals surface area contributed by atoms with Crippen LogP contribution in [0.25, 0.3) is 0 Å². The predicted octanol–water partition coefficient (Wildman–Crippen LogP) is 7.09. The van der Waals surface area contributed by atoms with Gasteiger partial charge >= 0.3 is 0 Å². The highest BCUT2D eigenvalue weighted by molar-refractivity contribution is 7.98. The second-order valence-electron chi connectivity index (χ2n) is 7.65. The van der Waals surface area contributed by atoms with Gasteiger partial charge in [-0.05, 0) is 41.5 Å². The Morgan fingerprint density at radius 3 is 1.44 bits per heavy atom. The third-order valence-corrected chi connectivity index (χ3v) is 6.94. The van der Waals surface area contributed by atoms with Gasteiger partial charge in [-0.25, -0.2) is 0 Å². The van der Waals surface area contributed by atoms with Crippen LogP contribution >= 0.6 is 11.8 Å². The molecule has 0 bridgehead atoms. The van der Waals surface area contributed by atoms with E-state index >= 15 is 0 Å². The van der Waals surface area contributed by atoms with E-state index < -0.39 is 0 Å². The molecule has 0 radical (unpaired) electrons. The van der Waals surface area contributed by atoms with Crippen LogP contribution in [0.5, 0.6) is 0 Å². The summed E-state index contributed by atoms with van der Waals surface area (Å²) in [6.45, 7) is 4.90. The molecule has 3 aromatic carbocycles. The van der Waals surface area contributed by atoms with Gasteiger partial charge in [0.25, 0.3) is 0 Å². The Kier molecular flexibility index (Phi) is 6.44. The van der Waals surface area contributed by atoms with Crippen LogP contribution in [0.2, 0.25) is 0 Å². The first-order valence-corrected chi connectivity index (χ1v) is 11.2. The third-order valence-electron chi connectivity index (χ3n) is 6.24. The molecule has 0 nitrogen and oxygen atoms in total. The van der Waals surface area contributed by atoms with Crippen molar-refractivity contribution in [1.29, 1.82) is 0 Å². The summed E-state index contributed by atoms with van der Waals surface area (Å²) in [5.74, 6) is 1.20. The Balaban J connectivity index is 2.22. The van der Waals surface area contributed by atoms with Gasteiger partial charge in [-0.1, -0.05) is 105 Å². The lowest BCUT2D eigenvalue weighted by molar-refractivity contribution is 0.278. The molecule has 0 aliphatic heterocycles. The van der Waals surface area contributed by atoms with Gasteiger partial charge in [0.15, 0.2) is 0 Å². The summed E-state index contributed by atoms with van der Waals surface area (Å²) in [6, 6.07) is 33.2. The molecular formula is C26H30S. The Labute approximate surface area is 169 Å². The highest BCUT2D eigenvalue weighted by atomic mass is 32.2. The van der Waals surface area contributed by atoms with Gasteiger partial charge in [0.1, 0.15) is 0 Å². The molecule has 0 amide bonds. The van der Waals surface area contributed by atoms with Crippen molar-refractivity contribution in [2.45, 2.75) is 37.5 Å². The summed E-state index contributed by atoms with van der Waals surface area (Å²) >= 11 is 1.94. The maximum Gasteiger partial charge on any atom is 0.0268 e. The molecule has 0 heterocycles. The standard InChI is InChI=1S/C26H30S/c1-25(20-13-21-27-3,22-14-7-4-8-15-22)26(2,23-16-9-5-10-17-23)24-18-11-6-12-19-24/h4-12,14-19H,13,20-21H2,1-3H3/t25-/m1/s1. The van der Waals surface area contributed by atoms with E-state index in [4.69, 9.17) is 0 Å². The summed E-state index contributed by atoms with van der Waals surface area (Å²) in [6.07, 6.45) is 4.56. The Morgan fingerprint density at radius 1 is 0.630 bits per heavy atom. The summed E-state index contributed by atoms with van der Waals surface area (Å²) in [5.41, 5.74) is 4.06. The molecule has 1 atom stereocenters. The van der Waals surface area contributed by atoms with Crippen LogP contribution < -0.4 is 0 Å². The number of hydrogen-bond acceptors (Lipinski definition) is 1. The minimum Gasteiger partial charge on any atom is -0.165 e. The van der Waals surface area contributed by atoms with E-state index in [1.165, 1.54) is 28.9 Å². The highest BCUT2D eigenvalue weighted by Crippen LogP contribution is 2.51. The molecule has 0 saturated heterocycles. The van der Waals surface area contributed by atoms with Crippen LogP contribution in [0, 0.1) is 0 Å². The number of rotatable bonds is 8. The monoisotopic (exact) mass is 374 g/mol. The average Bonchev–Trinajstić information content (AvgIpc) is 2.75. The first kappa shape index (κ1) is 19.8. The zero-order valence-electron chi connectivity index (χ0n) is 16.7. The van der Waals surface area contributed by atoms with Gasteiger partial charge < -0.3 is 0 Å². The van der Waals surface area contributed by atoms with E-state index in [-0.39, 0.29) is 10.8 Å². The molecular weight excluding hydrogens is 344 g/mol. The molecule has 0 unspecified atom stereocenters. The number of thioether (sulfide) groups is 1. The normalized spacial score (nSPS) is 13.9. The molecule has 3 rings (SSSR count). The molecule has 0 fully saturated rings. The molecule has 0 N–H and O–H groups in total. The van der Waals surface area contributed by atoms with Crippen molar-refractivity contribution in [3.8, 4) is 0 Å². The molecule has 3 aromatic rings. The lowest BCUT2D eigenvalue weighted by Gasteiger charge is -2.48. The van der Waals surface area contributed by atoms with Crippen LogP contribution in [0.4, 0.5) is 0 Å². The Hall–Kier alpha value is -1.99. The predicted molar refractivity (Wildman–Crippen MR) is 121 cm³/mol. The largest absolute Gasteiger partial charge is 0.165 e. The maximum absolute atomic E-state index is 2.46. The van der Waals surface area contributed by atoms with Gasteiger partial charge in [0.2, 0.25) is 0 Å². The summed E-state index contributed by atoms with van der Waals surface area (Å²) in [7, 11) is 0. The van der Waals surface area contributed by atoms with Crippen molar-refractivity contribution in [2.75, 3.05) is 12.0 Å². The smallest absolute Gasteiger partial charge is 0.0268 e. The Bertz CT molecular complexity index is 771. The molecule has 1 heteroatoms. The SMILES string of the molecule is CSCCC[C@](C)(c1ccccc1)C(C)(c1ccccc1)c1ccccc1. The average molecular weight is 375 g/mol. The van der Waals surface area contributed by atoms with Crippen molar-refractivity contribution in [3.63, 3.8) is 0 Å². The zero-order valence-corrected chi connectivity index (χ0v) is 17.5. The van der Waals surface area contributed by atoms with Gasteiger partial charge in [-0.3, -0.25) is 0 Å². The van der Waals surface area contributed by atoms with Crippen molar-refractivity contribution in [3.05, 3.63) is 108 Å². The summed E-state index contributed by atoms with van der Waals surface area (Å²) < 4.78 is 0. The third kappa shape index (κ3) is 3.84. The number of benzene rings is 3. The van der Waals surface area contributed by atoms with Crippen molar-refractivity contribution < 1.29 is 0 Å². The minimum absolute atomic E-state index is 0.00725. The fraction of sp³-hybridized carbons (Fsp3) is 0.308. The van der Waals surface area contributed by atoms with E-state index in [9.17, 15) is 0 Å². The van der Waals surface area contributed by atoms with Crippen LogP contribution in [0.15, 0.2) is 91.0 Å². The van der Waals surface area contributed by atoms with E-state index in [0.29, 0.717) is 0 Å². The number of hydrogen-bond donors (Lipinski definition) is 0. The van der Waals surface area contributed by atoms with Gasteiger partial charge in [-0.2, -0.15) is 11.8 Å². The van der Waals surface area contributed by atoms with E-state index in [1.807, 2.05) is 11.8 Å². The zero-order chi connectivity index (χ0) is 19.2. The van der Waals surface area contributed by atoms with Gasteiger partial charge in [0, 0.05) is 10.8 Å². The van der Waals surface area contributed by atoms with Crippen LogP contribution in [-0.4, -0.2) is 12.0 Å². The van der Waals surface area contributed by atoms with Gasteiger partial charge in [-0.15, -0.1) is 0 Å². The molecule has 0 spiro atoms. The quantitative estimate of drug-likeness (QED) is 0.379. The molecule has 140 valence electrons. The van der Waals surface area contributed by atoms with Crippen LogP contribution in [-0.2, 0) is 10.8 Å². The van der Waals surface area contributed by atoms with Gasteiger partial charge in [0.05, 0.1) is 0 Å². The topological polar surface area (TPSA) is 0 Å². The Morgan fingerprint density at radius 2 is 1.04 bits per heavy atom. The summed E-state index contributed by atoms with van der Waals surface area (Å²) in [5, 5.41) is 0. The first-order chi connectivity index (χ1) is 13.1. The first-order valence-electron chi connectivity index (χ1n) is 9.78. The summed E-state index contributed by atoms with van der Waals surface area (Å²) in [4.78, 5) is 0. The lowest BCUT2D eigenvalue weighted by Crippen LogP contribution is -2.46. The van der Waals surface area contributed by atoms with Crippen molar-refractivity contribution >= 4 is 11.8 Å². The molecule has 27 heavy (non-hydrogen) atoms. The van der Waals surface area contributed by atoms with E-state index in [1.54, 1.807) is 0 Å². The second-order valence-corrected chi connectivity index (χ2v) is 8.64. The van der Waals surface area contributed by atoms with Crippen molar-refractivity contribution in [2.24, 2.45) is 0 Å². The molecule has 0 aliphatic carbocycles.